The summed E-state index contributed by atoms with van der Waals surface area (Å²) in [5.74, 6) is -0.957. The summed E-state index contributed by atoms with van der Waals surface area (Å²) in [6.07, 6.45) is 0.682. The monoisotopic (exact) mass is 390 g/mol. The Kier molecular flexibility index (Phi) is 5.98. The first-order chi connectivity index (χ1) is 12.6. The predicted molar refractivity (Wildman–Crippen MR) is 97.6 cm³/mol. The fourth-order valence-electron chi connectivity index (χ4n) is 2.15. The first-order valence-electron chi connectivity index (χ1n) is 7.79. The van der Waals surface area contributed by atoms with E-state index in [1.807, 2.05) is 17.5 Å². The van der Waals surface area contributed by atoms with Gasteiger partial charge in [-0.2, -0.15) is 4.98 Å². The van der Waals surface area contributed by atoms with Gasteiger partial charge in [0.25, 0.3) is 0 Å². The Balaban J connectivity index is 1.47. The van der Waals surface area contributed by atoms with Crippen LogP contribution in [-0.4, -0.2) is 28.5 Å². The molecule has 0 aliphatic rings. The number of hydrogen-bond acceptors (Lipinski definition) is 6. The van der Waals surface area contributed by atoms with E-state index in [9.17, 15) is 9.59 Å². The van der Waals surface area contributed by atoms with Crippen molar-refractivity contribution < 1.29 is 14.1 Å². The third-order valence-corrected chi connectivity index (χ3v) is 4.69. The molecule has 0 unspecified atom stereocenters. The Morgan fingerprint density at radius 2 is 1.92 bits per heavy atom. The zero-order valence-electron chi connectivity index (χ0n) is 13.6. The van der Waals surface area contributed by atoms with Crippen LogP contribution in [0, 0.1) is 0 Å². The quantitative estimate of drug-likeness (QED) is 0.630. The summed E-state index contributed by atoms with van der Waals surface area (Å²) in [6.45, 7) is 0.346. The Morgan fingerprint density at radius 1 is 1.12 bits per heavy atom. The number of amides is 2. The van der Waals surface area contributed by atoms with Crippen molar-refractivity contribution in [2.75, 3.05) is 6.54 Å². The number of nitrogens with one attached hydrogen (secondary N) is 2. The van der Waals surface area contributed by atoms with Crippen LogP contribution in [0.4, 0.5) is 0 Å². The fraction of sp³-hybridized carbons (Fsp3) is 0.176. The first kappa shape index (κ1) is 18.1. The molecular weight excluding hydrogens is 376 g/mol. The molecule has 134 valence electrons. The average Bonchev–Trinajstić information content (AvgIpc) is 3.32. The van der Waals surface area contributed by atoms with E-state index in [1.54, 1.807) is 35.6 Å². The smallest absolute Gasteiger partial charge is 0.309 e. The van der Waals surface area contributed by atoms with Gasteiger partial charge in [0, 0.05) is 17.0 Å². The van der Waals surface area contributed by atoms with Gasteiger partial charge in [0.1, 0.15) is 0 Å². The van der Waals surface area contributed by atoms with E-state index in [-0.39, 0.29) is 12.4 Å². The SMILES string of the molecule is O=C(NCCc1cccs1)C(=O)NCc1nc(-c2ccccc2Cl)no1. The summed E-state index contributed by atoms with van der Waals surface area (Å²) >= 11 is 7.68. The van der Waals surface area contributed by atoms with Crippen molar-refractivity contribution in [2.24, 2.45) is 0 Å². The van der Waals surface area contributed by atoms with Crippen molar-refractivity contribution in [3.63, 3.8) is 0 Å². The van der Waals surface area contributed by atoms with Gasteiger partial charge in [-0.15, -0.1) is 11.3 Å². The summed E-state index contributed by atoms with van der Waals surface area (Å²) in [5, 5.41) is 11.3. The van der Waals surface area contributed by atoms with Gasteiger partial charge in [-0.25, -0.2) is 0 Å². The molecule has 1 aromatic carbocycles. The Hall–Kier alpha value is -2.71. The molecule has 0 aliphatic heterocycles. The number of aromatic nitrogens is 2. The lowest BCUT2D eigenvalue weighted by Crippen LogP contribution is -2.40. The van der Waals surface area contributed by atoms with Crippen LogP contribution in [0.25, 0.3) is 11.4 Å². The van der Waals surface area contributed by atoms with Crippen LogP contribution in [0.3, 0.4) is 0 Å². The average molecular weight is 391 g/mol. The second kappa shape index (κ2) is 8.59. The van der Waals surface area contributed by atoms with Crippen LogP contribution in [0.5, 0.6) is 0 Å². The van der Waals surface area contributed by atoms with Gasteiger partial charge in [-0.1, -0.05) is 35.0 Å². The minimum Gasteiger partial charge on any atom is -0.347 e. The van der Waals surface area contributed by atoms with Gasteiger partial charge in [0.05, 0.1) is 11.6 Å². The maximum absolute atomic E-state index is 11.8. The highest BCUT2D eigenvalue weighted by Gasteiger charge is 2.15. The maximum atomic E-state index is 11.8. The van der Waals surface area contributed by atoms with Crippen LogP contribution >= 0.6 is 22.9 Å². The van der Waals surface area contributed by atoms with Crippen LogP contribution in [-0.2, 0) is 22.6 Å². The second-order valence-corrected chi connectivity index (χ2v) is 6.70. The van der Waals surface area contributed by atoms with Crippen molar-refractivity contribution in [1.82, 2.24) is 20.8 Å². The molecule has 0 saturated carbocycles. The fourth-order valence-corrected chi connectivity index (χ4v) is 3.08. The molecule has 2 aromatic heterocycles. The Morgan fingerprint density at radius 3 is 2.69 bits per heavy atom. The van der Waals surface area contributed by atoms with E-state index in [1.165, 1.54) is 0 Å². The molecule has 0 bridgehead atoms. The number of nitrogens with zero attached hydrogens (tertiary/aromatic N) is 2. The summed E-state index contributed by atoms with van der Waals surface area (Å²) in [4.78, 5) is 28.9. The molecule has 3 rings (SSSR count). The summed E-state index contributed by atoms with van der Waals surface area (Å²) in [6, 6.07) is 11.0. The van der Waals surface area contributed by atoms with E-state index in [0.29, 0.717) is 29.4 Å². The van der Waals surface area contributed by atoms with Crippen molar-refractivity contribution in [1.29, 1.82) is 0 Å². The van der Waals surface area contributed by atoms with Crippen molar-refractivity contribution in [3.8, 4) is 11.4 Å². The van der Waals surface area contributed by atoms with Crippen LogP contribution in [0.1, 0.15) is 10.8 Å². The molecule has 7 nitrogen and oxygen atoms in total. The highest BCUT2D eigenvalue weighted by Crippen LogP contribution is 2.24. The highest BCUT2D eigenvalue weighted by molar-refractivity contribution is 7.09. The lowest BCUT2D eigenvalue weighted by atomic mass is 10.2. The Bertz CT molecular complexity index is 895. The minimum absolute atomic E-state index is 0.0470. The van der Waals surface area contributed by atoms with E-state index >= 15 is 0 Å². The standard InChI is InChI=1S/C17H15ClN4O3S/c18-13-6-2-1-5-12(13)15-21-14(25-22-15)10-20-17(24)16(23)19-8-7-11-4-3-9-26-11/h1-6,9H,7-8,10H2,(H,19,23)(H,20,24). The lowest BCUT2D eigenvalue weighted by Gasteiger charge is -2.04. The van der Waals surface area contributed by atoms with Gasteiger partial charge in [-0.05, 0) is 30.0 Å². The van der Waals surface area contributed by atoms with E-state index in [4.69, 9.17) is 16.1 Å². The van der Waals surface area contributed by atoms with Crippen molar-refractivity contribution >= 4 is 34.8 Å². The van der Waals surface area contributed by atoms with Gasteiger partial charge in [0.2, 0.25) is 11.7 Å². The first-order valence-corrected chi connectivity index (χ1v) is 9.05. The molecule has 0 aliphatic carbocycles. The molecular formula is C17H15ClN4O3S. The summed E-state index contributed by atoms with van der Waals surface area (Å²) in [5.41, 5.74) is 0.627. The highest BCUT2D eigenvalue weighted by atomic mass is 35.5. The number of carbonyl (C=O) groups excluding carboxylic acids is 2. The van der Waals surface area contributed by atoms with Crippen molar-refractivity contribution in [2.45, 2.75) is 13.0 Å². The molecule has 3 aromatic rings. The molecule has 0 atom stereocenters. The molecule has 0 radical (unpaired) electrons. The number of thiophene rings is 1. The van der Waals surface area contributed by atoms with Gasteiger partial charge >= 0.3 is 11.8 Å². The maximum Gasteiger partial charge on any atom is 0.309 e. The van der Waals surface area contributed by atoms with Gasteiger partial charge in [-0.3, -0.25) is 9.59 Å². The van der Waals surface area contributed by atoms with Gasteiger partial charge < -0.3 is 15.2 Å². The molecule has 9 heteroatoms. The van der Waals surface area contributed by atoms with Crippen LogP contribution in [0.15, 0.2) is 46.3 Å². The topological polar surface area (TPSA) is 97.1 Å². The minimum atomic E-state index is -0.756. The molecule has 0 saturated heterocycles. The van der Waals surface area contributed by atoms with E-state index in [0.717, 1.165) is 4.88 Å². The predicted octanol–water partition coefficient (Wildman–Crippen LogP) is 2.43. The second-order valence-electron chi connectivity index (χ2n) is 5.26. The lowest BCUT2D eigenvalue weighted by molar-refractivity contribution is -0.139. The molecule has 2 heterocycles. The molecule has 26 heavy (non-hydrogen) atoms. The van der Waals surface area contributed by atoms with Crippen LogP contribution < -0.4 is 10.6 Å². The molecule has 0 spiro atoms. The number of halogens is 1. The molecule has 2 amide bonds. The zero-order chi connectivity index (χ0) is 18.4. The van der Waals surface area contributed by atoms with Gasteiger partial charge in [0.15, 0.2) is 0 Å². The van der Waals surface area contributed by atoms with Crippen molar-refractivity contribution in [3.05, 3.63) is 57.6 Å². The molecule has 0 fully saturated rings. The molecule has 2 N–H and O–H groups in total. The summed E-state index contributed by atoms with van der Waals surface area (Å²) in [7, 11) is 0. The third kappa shape index (κ3) is 4.68. The summed E-state index contributed by atoms with van der Waals surface area (Å²) < 4.78 is 5.07. The number of carbonyl (C=O) groups is 2. The van der Waals surface area contributed by atoms with E-state index in [2.05, 4.69) is 20.8 Å². The Labute approximate surface area is 158 Å². The third-order valence-electron chi connectivity index (χ3n) is 3.43. The number of benzene rings is 1. The van der Waals surface area contributed by atoms with E-state index < -0.39 is 11.8 Å². The van der Waals surface area contributed by atoms with Crippen LogP contribution in [0.2, 0.25) is 5.02 Å². The number of rotatable bonds is 6. The zero-order valence-corrected chi connectivity index (χ0v) is 15.1. The number of hydrogen-bond donors (Lipinski definition) is 2. The largest absolute Gasteiger partial charge is 0.347 e. The normalized spacial score (nSPS) is 10.5.